The van der Waals surface area contributed by atoms with Gasteiger partial charge in [-0.1, -0.05) is 48.0 Å². The maximum Gasteiger partial charge on any atom is 0.253 e. The van der Waals surface area contributed by atoms with E-state index in [1.54, 1.807) is 4.90 Å². The van der Waals surface area contributed by atoms with E-state index < -0.39 is 0 Å². The van der Waals surface area contributed by atoms with Crippen molar-refractivity contribution in [2.45, 2.75) is 26.3 Å². The predicted molar refractivity (Wildman–Crippen MR) is 118 cm³/mol. The molecular formula is C25H29N3O3. The number of carbonyl (C=O) groups is 3. The zero-order valence-electron chi connectivity index (χ0n) is 18.0. The number of hydrogen-bond donors (Lipinski definition) is 0. The van der Waals surface area contributed by atoms with Gasteiger partial charge in [0.05, 0.1) is 5.92 Å². The van der Waals surface area contributed by atoms with Crippen LogP contribution in [0.2, 0.25) is 0 Å². The van der Waals surface area contributed by atoms with Crippen LogP contribution in [0.5, 0.6) is 0 Å². The second-order valence-electron chi connectivity index (χ2n) is 8.50. The normalized spacial score (nSPS) is 19.5. The van der Waals surface area contributed by atoms with Crippen LogP contribution in [0.3, 0.4) is 0 Å². The number of carbonyl (C=O) groups excluding carboxylic acids is 3. The summed E-state index contributed by atoms with van der Waals surface area (Å²) in [5.41, 5.74) is 2.88. The van der Waals surface area contributed by atoms with Crippen LogP contribution in [-0.4, -0.2) is 65.1 Å². The molecule has 2 aromatic carbocycles. The summed E-state index contributed by atoms with van der Waals surface area (Å²) in [7, 11) is 0. The lowest BCUT2D eigenvalue weighted by atomic mass is 10.1. The van der Waals surface area contributed by atoms with Crippen molar-refractivity contribution in [2.24, 2.45) is 5.92 Å². The summed E-state index contributed by atoms with van der Waals surface area (Å²) >= 11 is 0. The Kier molecular flexibility index (Phi) is 6.35. The summed E-state index contributed by atoms with van der Waals surface area (Å²) in [6.45, 7) is 5.31. The van der Waals surface area contributed by atoms with Crippen LogP contribution in [0.25, 0.3) is 0 Å². The highest BCUT2D eigenvalue weighted by atomic mass is 16.2. The third-order valence-electron chi connectivity index (χ3n) is 6.17. The molecule has 2 aliphatic rings. The Morgan fingerprint density at radius 2 is 1.58 bits per heavy atom. The van der Waals surface area contributed by atoms with Crippen molar-refractivity contribution in [3.05, 3.63) is 71.3 Å². The van der Waals surface area contributed by atoms with Crippen molar-refractivity contribution in [1.82, 2.24) is 14.7 Å². The van der Waals surface area contributed by atoms with Gasteiger partial charge in [-0.2, -0.15) is 0 Å². The Balaban J connectivity index is 1.34. The molecule has 2 aromatic rings. The number of benzene rings is 2. The zero-order valence-corrected chi connectivity index (χ0v) is 18.0. The molecule has 31 heavy (non-hydrogen) atoms. The monoisotopic (exact) mass is 419 g/mol. The van der Waals surface area contributed by atoms with E-state index in [9.17, 15) is 14.4 Å². The number of rotatable bonds is 4. The molecule has 0 spiro atoms. The van der Waals surface area contributed by atoms with Crippen molar-refractivity contribution in [3.8, 4) is 0 Å². The number of likely N-dealkylation sites (tertiary alicyclic amines) is 1. The van der Waals surface area contributed by atoms with Gasteiger partial charge < -0.3 is 14.7 Å². The first-order valence-corrected chi connectivity index (χ1v) is 11.0. The molecule has 0 aliphatic carbocycles. The smallest absolute Gasteiger partial charge is 0.253 e. The maximum absolute atomic E-state index is 13.1. The summed E-state index contributed by atoms with van der Waals surface area (Å²) in [5.74, 6) is -0.211. The van der Waals surface area contributed by atoms with Crippen LogP contribution in [0.4, 0.5) is 0 Å². The second-order valence-corrected chi connectivity index (χ2v) is 8.50. The van der Waals surface area contributed by atoms with E-state index in [-0.39, 0.29) is 30.1 Å². The molecular weight excluding hydrogens is 390 g/mol. The fourth-order valence-corrected chi connectivity index (χ4v) is 4.37. The Morgan fingerprint density at radius 1 is 0.903 bits per heavy atom. The average molecular weight is 420 g/mol. The lowest BCUT2D eigenvalue weighted by Crippen LogP contribution is -2.40. The molecule has 2 saturated heterocycles. The van der Waals surface area contributed by atoms with Crippen LogP contribution in [0, 0.1) is 12.8 Å². The predicted octanol–water partition coefficient (Wildman–Crippen LogP) is 2.72. The zero-order chi connectivity index (χ0) is 21.8. The van der Waals surface area contributed by atoms with E-state index in [0.717, 1.165) is 17.5 Å². The standard InChI is InChI=1S/C25H29N3O3/c1-19-8-10-21(11-9-19)24(30)26-12-5-13-27(15-14-26)25(31)22-16-23(29)28(18-22)17-20-6-3-2-4-7-20/h2-4,6-11,22H,5,12-18H2,1H3. The second kappa shape index (κ2) is 9.33. The fourth-order valence-electron chi connectivity index (χ4n) is 4.37. The highest BCUT2D eigenvalue weighted by Crippen LogP contribution is 2.23. The van der Waals surface area contributed by atoms with E-state index in [0.29, 0.717) is 44.8 Å². The summed E-state index contributed by atoms with van der Waals surface area (Å²) in [6, 6.07) is 17.5. The molecule has 2 fully saturated rings. The minimum atomic E-state index is -0.296. The first kappa shape index (κ1) is 21.1. The van der Waals surface area contributed by atoms with Gasteiger partial charge in [0.1, 0.15) is 0 Å². The van der Waals surface area contributed by atoms with Gasteiger partial charge in [0.2, 0.25) is 11.8 Å². The van der Waals surface area contributed by atoms with Gasteiger partial charge in [0, 0.05) is 51.3 Å². The third-order valence-corrected chi connectivity index (χ3v) is 6.17. The molecule has 0 aromatic heterocycles. The molecule has 0 bridgehead atoms. The topological polar surface area (TPSA) is 60.9 Å². The molecule has 2 aliphatic heterocycles. The van der Waals surface area contributed by atoms with Crippen molar-refractivity contribution in [3.63, 3.8) is 0 Å². The van der Waals surface area contributed by atoms with Gasteiger partial charge in [0.15, 0.2) is 0 Å². The number of nitrogens with zero attached hydrogens (tertiary/aromatic N) is 3. The van der Waals surface area contributed by atoms with E-state index in [4.69, 9.17) is 0 Å². The summed E-state index contributed by atoms with van der Waals surface area (Å²) in [5, 5.41) is 0. The molecule has 2 heterocycles. The van der Waals surface area contributed by atoms with Gasteiger partial charge in [0.25, 0.3) is 5.91 Å². The van der Waals surface area contributed by atoms with Gasteiger partial charge >= 0.3 is 0 Å². The van der Waals surface area contributed by atoms with Gasteiger partial charge in [-0.3, -0.25) is 14.4 Å². The van der Waals surface area contributed by atoms with Crippen LogP contribution in [-0.2, 0) is 16.1 Å². The molecule has 0 N–H and O–H groups in total. The highest BCUT2D eigenvalue weighted by molar-refractivity contribution is 5.94. The molecule has 4 rings (SSSR count). The van der Waals surface area contributed by atoms with Gasteiger partial charge in [-0.25, -0.2) is 0 Å². The van der Waals surface area contributed by atoms with Crippen LogP contribution in [0.1, 0.15) is 34.3 Å². The van der Waals surface area contributed by atoms with Gasteiger partial charge in [-0.05, 0) is 31.0 Å². The largest absolute Gasteiger partial charge is 0.341 e. The summed E-state index contributed by atoms with van der Waals surface area (Å²) in [6.07, 6.45) is 1.02. The molecule has 0 saturated carbocycles. The van der Waals surface area contributed by atoms with Crippen molar-refractivity contribution in [2.75, 3.05) is 32.7 Å². The van der Waals surface area contributed by atoms with E-state index in [2.05, 4.69) is 0 Å². The van der Waals surface area contributed by atoms with Crippen molar-refractivity contribution < 1.29 is 14.4 Å². The first-order valence-electron chi connectivity index (χ1n) is 11.0. The van der Waals surface area contributed by atoms with Crippen LogP contribution in [0.15, 0.2) is 54.6 Å². The van der Waals surface area contributed by atoms with E-state index >= 15 is 0 Å². The number of hydrogen-bond acceptors (Lipinski definition) is 3. The Bertz CT molecular complexity index is 942. The molecule has 0 radical (unpaired) electrons. The maximum atomic E-state index is 13.1. The fraction of sp³-hybridized carbons (Fsp3) is 0.400. The Labute approximate surface area is 183 Å². The lowest BCUT2D eigenvalue weighted by Gasteiger charge is -2.24. The number of aryl methyl sites for hydroxylation is 1. The Morgan fingerprint density at radius 3 is 2.32 bits per heavy atom. The van der Waals surface area contributed by atoms with E-state index in [1.165, 1.54) is 0 Å². The molecule has 162 valence electrons. The average Bonchev–Trinajstić information content (AvgIpc) is 2.99. The SMILES string of the molecule is Cc1ccc(C(=O)N2CCCN(C(=O)C3CC(=O)N(Cc4ccccc4)C3)CC2)cc1. The van der Waals surface area contributed by atoms with Crippen LogP contribution >= 0.6 is 0 Å². The third kappa shape index (κ3) is 4.95. The molecule has 6 nitrogen and oxygen atoms in total. The highest BCUT2D eigenvalue weighted by Gasteiger charge is 2.37. The van der Waals surface area contributed by atoms with Crippen molar-refractivity contribution in [1.29, 1.82) is 0 Å². The lowest BCUT2D eigenvalue weighted by molar-refractivity contribution is -0.135. The first-order chi connectivity index (χ1) is 15.0. The molecule has 1 unspecified atom stereocenters. The quantitative estimate of drug-likeness (QED) is 0.766. The van der Waals surface area contributed by atoms with Crippen molar-refractivity contribution >= 4 is 17.7 Å². The van der Waals surface area contributed by atoms with Crippen LogP contribution < -0.4 is 0 Å². The summed E-state index contributed by atoms with van der Waals surface area (Å²) < 4.78 is 0. The van der Waals surface area contributed by atoms with E-state index in [1.807, 2.05) is 71.3 Å². The van der Waals surface area contributed by atoms with Gasteiger partial charge in [-0.15, -0.1) is 0 Å². The number of amides is 3. The minimum Gasteiger partial charge on any atom is -0.341 e. The molecule has 1 atom stereocenters. The molecule has 3 amide bonds. The minimum absolute atomic E-state index is 0.0133. The molecule has 6 heteroatoms. The summed E-state index contributed by atoms with van der Waals surface area (Å²) in [4.78, 5) is 43.9. The Hall–Kier alpha value is -3.15.